The molecule has 0 atom stereocenters. The van der Waals surface area contributed by atoms with Gasteiger partial charge in [0.2, 0.25) is 0 Å². The summed E-state index contributed by atoms with van der Waals surface area (Å²) in [7, 11) is 0. The van der Waals surface area contributed by atoms with Crippen LogP contribution in [0.3, 0.4) is 0 Å². The summed E-state index contributed by atoms with van der Waals surface area (Å²) in [4.78, 5) is 4.92. The summed E-state index contributed by atoms with van der Waals surface area (Å²) in [6, 6.07) is 15.8. The molecule has 0 bridgehead atoms. The van der Waals surface area contributed by atoms with Gasteiger partial charge in [0.15, 0.2) is 0 Å². The van der Waals surface area contributed by atoms with Gasteiger partial charge < -0.3 is 0 Å². The topological polar surface area (TPSA) is 12.9 Å². The van der Waals surface area contributed by atoms with Crippen LogP contribution in [0, 0.1) is 0 Å². The second-order valence-corrected chi connectivity index (χ2v) is 11.4. The van der Waals surface area contributed by atoms with Gasteiger partial charge in [0.1, 0.15) is 0 Å². The zero-order valence-corrected chi connectivity index (χ0v) is 18.9. The summed E-state index contributed by atoms with van der Waals surface area (Å²) in [6.07, 6.45) is 1.97. The highest BCUT2D eigenvalue weighted by Gasteiger charge is 2.21. The lowest BCUT2D eigenvalue weighted by molar-refractivity contribution is 0.597. The first-order chi connectivity index (χ1) is 14.0. The van der Waals surface area contributed by atoms with Gasteiger partial charge >= 0.3 is 0 Å². The number of benzene rings is 2. The lowest BCUT2D eigenvalue weighted by Gasteiger charge is -2.21. The van der Waals surface area contributed by atoms with Crippen molar-refractivity contribution in [3.8, 4) is 11.3 Å². The lowest BCUT2D eigenvalue weighted by Crippen LogP contribution is -2.11. The summed E-state index contributed by atoms with van der Waals surface area (Å²) in [6.45, 7) is 6.90. The zero-order chi connectivity index (χ0) is 19.8. The number of fused-ring (bicyclic) bond motifs is 6. The molecular weight excluding hydrogens is 410 g/mol. The van der Waals surface area contributed by atoms with Crippen LogP contribution in [-0.2, 0) is 5.41 Å². The fourth-order valence-electron chi connectivity index (χ4n) is 4.22. The van der Waals surface area contributed by atoms with Gasteiger partial charge in [0, 0.05) is 41.3 Å². The summed E-state index contributed by atoms with van der Waals surface area (Å²) < 4.78 is 5.42. The Morgan fingerprint density at radius 3 is 2.34 bits per heavy atom. The zero-order valence-electron chi connectivity index (χ0n) is 16.4. The smallest absolute Gasteiger partial charge is 0.0795 e. The molecular formula is C25H19NS3. The van der Waals surface area contributed by atoms with E-state index in [2.05, 4.69) is 74.0 Å². The lowest BCUT2D eigenvalue weighted by atomic mass is 9.85. The molecule has 0 N–H and O–H groups in total. The second-order valence-electron chi connectivity index (χ2n) is 8.53. The van der Waals surface area contributed by atoms with E-state index in [-0.39, 0.29) is 5.41 Å². The minimum atomic E-state index is 0.0880. The molecule has 0 aliphatic rings. The van der Waals surface area contributed by atoms with Crippen molar-refractivity contribution in [2.45, 2.75) is 26.2 Å². The Labute approximate surface area is 181 Å². The number of pyridine rings is 1. The van der Waals surface area contributed by atoms with E-state index in [1.807, 2.05) is 40.2 Å². The molecule has 1 nitrogen and oxygen atoms in total. The maximum absolute atomic E-state index is 4.92. The average Bonchev–Trinajstić information content (AvgIpc) is 3.41. The molecule has 142 valence electrons. The van der Waals surface area contributed by atoms with Crippen LogP contribution in [0.4, 0.5) is 0 Å². The highest BCUT2D eigenvalue weighted by Crippen LogP contribution is 2.45. The molecule has 0 amide bonds. The first kappa shape index (κ1) is 17.6. The van der Waals surface area contributed by atoms with Crippen LogP contribution < -0.4 is 0 Å². The molecule has 6 rings (SSSR count). The van der Waals surface area contributed by atoms with Crippen molar-refractivity contribution in [1.29, 1.82) is 0 Å². The van der Waals surface area contributed by atoms with E-state index in [0.717, 1.165) is 5.69 Å². The minimum absolute atomic E-state index is 0.0880. The van der Waals surface area contributed by atoms with Crippen LogP contribution in [0.1, 0.15) is 26.3 Å². The van der Waals surface area contributed by atoms with Crippen molar-refractivity contribution in [3.63, 3.8) is 0 Å². The number of rotatable bonds is 1. The van der Waals surface area contributed by atoms with Gasteiger partial charge in [-0.25, -0.2) is 0 Å². The van der Waals surface area contributed by atoms with E-state index in [1.165, 1.54) is 51.5 Å². The van der Waals surface area contributed by atoms with Crippen molar-refractivity contribution in [3.05, 3.63) is 65.0 Å². The van der Waals surface area contributed by atoms with Gasteiger partial charge in [0.25, 0.3) is 0 Å². The van der Waals surface area contributed by atoms with E-state index in [0.29, 0.717) is 0 Å². The Morgan fingerprint density at radius 2 is 1.52 bits per heavy atom. The van der Waals surface area contributed by atoms with Gasteiger partial charge in [-0.15, -0.1) is 34.0 Å². The predicted octanol–water partition coefficient (Wildman–Crippen LogP) is 8.84. The standard InChI is InChI=1S/C25H19NS3/c1-25(2,3)17-13-16(12-15-8-11-27-23(15)17)22-20-19(6-9-26-22)29-18-5-4-14-7-10-28-24(14)21(18)20/h4-13H,1-3H3. The number of aromatic nitrogens is 1. The predicted molar refractivity (Wildman–Crippen MR) is 132 cm³/mol. The van der Waals surface area contributed by atoms with Crippen molar-refractivity contribution in [2.75, 3.05) is 0 Å². The van der Waals surface area contributed by atoms with Crippen LogP contribution in [-0.4, -0.2) is 4.98 Å². The molecule has 2 aromatic carbocycles. The number of hydrogen-bond acceptors (Lipinski definition) is 4. The van der Waals surface area contributed by atoms with E-state index >= 15 is 0 Å². The monoisotopic (exact) mass is 429 g/mol. The summed E-state index contributed by atoms with van der Waals surface area (Å²) in [5.74, 6) is 0. The maximum Gasteiger partial charge on any atom is 0.0795 e. The first-order valence-electron chi connectivity index (χ1n) is 9.70. The Bertz CT molecular complexity index is 1540. The van der Waals surface area contributed by atoms with Gasteiger partial charge in [0.05, 0.1) is 5.69 Å². The average molecular weight is 430 g/mol. The van der Waals surface area contributed by atoms with Crippen molar-refractivity contribution >= 4 is 74.4 Å². The number of hydrogen-bond donors (Lipinski definition) is 0. The number of nitrogens with zero attached hydrogens (tertiary/aromatic N) is 1. The van der Waals surface area contributed by atoms with Crippen molar-refractivity contribution in [1.82, 2.24) is 4.98 Å². The Balaban J connectivity index is 1.76. The highest BCUT2D eigenvalue weighted by atomic mass is 32.1. The largest absolute Gasteiger partial charge is 0.256 e. The minimum Gasteiger partial charge on any atom is -0.256 e. The van der Waals surface area contributed by atoms with E-state index in [4.69, 9.17) is 4.98 Å². The molecule has 0 unspecified atom stereocenters. The normalized spacial score (nSPS) is 12.7. The summed E-state index contributed by atoms with van der Waals surface area (Å²) in [5.41, 5.74) is 3.82. The van der Waals surface area contributed by atoms with Gasteiger partial charge in [-0.05, 0) is 68.9 Å². The molecule has 4 aromatic heterocycles. The Hall–Kier alpha value is -2.27. The third-order valence-corrected chi connectivity index (χ3v) is 8.63. The molecule has 0 aliphatic heterocycles. The highest BCUT2D eigenvalue weighted by molar-refractivity contribution is 7.27. The fraction of sp³-hybridized carbons (Fsp3) is 0.160. The van der Waals surface area contributed by atoms with Crippen LogP contribution >= 0.6 is 34.0 Å². The van der Waals surface area contributed by atoms with E-state index in [9.17, 15) is 0 Å². The summed E-state index contributed by atoms with van der Waals surface area (Å²) in [5, 5.41) is 9.70. The fourth-order valence-corrected chi connectivity index (χ4v) is 7.45. The van der Waals surface area contributed by atoms with Crippen molar-refractivity contribution < 1.29 is 0 Å². The van der Waals surface area contributed by atoms with Gasteiger partial charge in [-0.3, -0.25) is 4.98 Å². The number of thiophene rings is 3. The van der Waals surface area contributed by atoms with Crippen LogP contribution in [0.2, 0.25) is 0 Å². The molecule has 0 saturated carbocycles. The quantitative estimate of drug-likeness (QED) is 0.254. The molecule has 0 aliphatic carbocycles. The van der Waals surface area contributed by atoms with Crippen LogP contribution in [0.15, 0.2) is 59.4 Å². The van der Waals surface area contributed by atoms with Crippen molar-refractivity contribution in [2.24, 2.45) is 0 Å². The Kier molecular flexibility index (Phi) is 3.71. The summed E-state index contributed by atoms with van der Waals surface area (Å²) >= 11 is 5.54. The molecule has 4 heteroatoms. The molecule has 29 heavy (non-hydrogen) atoms. The third kappa shape index (κ3) is 2.59. The molecule has 0 radical (unpaired) electrons. The molecule has 6 aromatic rings. The first-order valence-corrected chi connectivity index (χ1v) is 12.3. The molecule has 0 fully saturated rings. The maximum atomic E-state index is 4.92. The van der Waals surface area contributed by atoms with Crippen LogP contribution in [0.5, 0.6) is 0 Å². The van der Waals surface area contributed by atoms with Gasteiger partial charge in [-0.2, -0.15) is 0 Å². The van der Waals surface area contributed by atoms with E-state index in [1.54, 1.807) is 0 Å². The van der Waals surface area contributed by atoms with E-state index < -0.39 is 0 Å². The second kappa shape index (κ2) is 6.11. The molecule has 0 saturated heterocycles. The third-order valence-electron chi connectivity index (χ3n) is 5.60. The molecule has 0 spiro atoms. The van der Waals surface area contributed by atoms with Crippen LogP contribution in [0.25, 0.3) is 51.6 Å². The van der Waals surface area contributed by atoms with Gasteiger partial charge in [-0.1, -0.05) is 26.8 Å². The Morgan fingerprint density at radius 1 is 0.759 bits per heavy atom. The molecule has 4 heterocycles. The SMILES string of the molecule is CC(C)(C)c1cc(-c2nccc3sc4ccc5ccsc5c4c23)cc2ccsc12.